The Balaban J connectivity index is 2.89. The average molecular weight is 341 g/mol. The van der Waals surface area contributed by atoms with E-state index in [9.17, 15) is 25.5 Å². The summed E-state index contributed by atoms with van der Waals surface area (Å²) in [5.74, 6) is 0. The van der Waals surface area contributed by atoms with E-state index in [-0.39, 0.29) is 6.54 Å². The Hall–Kier alpha value is -0.440. The molecule has 0 saturated carbocycles. The van der Waals surface area contributed by atoms with Crippen LogP contribution in [0.15, 0.2) is 0 Å². The highest BCUT2D eigenvalue weighted by Crippen LogP contribution is 2.23. The Kier molecular flexibility index (Phi) is 8.20. The molecular formula is C12H27N3O8. The molecule has 1 rings (SSSR count). The summed E-state index contributed by atoms with van der Waals surface area (Å²) in [5.41, 5.74) is 16.7. The van der Waals surface area contributed by atoms with E-state index in [1.807, 2.05) is 0 Å². The lowest BCUT2D eigenvalue weighted by Gasteiger charge is -2.43. The Morgan fingerprint density at radius 3 is 2.17 bits per heavy atom. The molecule has 0 aromatic rings. The van der Waals surface area contributed by atoms with Crippen LogP contribution in [-0.2, 0) is 9.47 Å². The molecule has 0 unspecified atom stereocenters. The van der Waals surface area contributed by atoms with Crippen LogP contribution in [0, 0.1) is 0 Å². The van der Waals surface area contributed by atoms with Gasteiger partial charge < -0.3 is 57.3 Å². The van der Waals surface area contributed by atoms with Gasteiger partial charge in [-0.1, -0.05) is 0 Å². The van der Waals surface area contributed by atoms with Crippen LogP contribution >= 0.6 is 0 Å². The predicted molar refractivity (Wildman–Crippen MR) is 76.7 cm³/mol. The van der Waals surface area contributed by atoms with Crippen LogP contribution in [0.1, 0.15) is 0 Å². The van der Waals surface area contributed by atoms with E-state index in [0.29, 0.717) is 0 Å². The van der Waals surface area contributed by atoms with E-state index in [0.717, 1.165) is 0 Å². The van der Waals surface area contributed by atoms with Crippen molar-refractivity contribution in [1.29, 1.82) is 0 Å². The van der Waals surface area contributed by atoms with Crippen LogP contribution in [0.2, 0.25) is 0 Å². The molecule has 1 aliphatic heterocycles. The van der Waals surface area contributed by atoms with Crippen LogP contribution in [0.3, 0.4) is 0 Å². The van der Waals surface area contributed by atoms with Crippen molar-refractivity contribution in [3.63, 3.8) is 0 Å². The lowest BCUT2D eigenvalue weighted by molar-refractivity contribution is -0.300. The predicted octanol–water partition coefficient (Wildman–Crippen LogP) is -5.86. The number of ether oxygens (including phenoxy) is 2. The number of aliphatic hydroxyl groups is 6. The molecule has 1 aliphatic rings. The molecule has 0 spiro atoms. The molecule has 0 bridgehead atoms. The molecule has 0 aliphatic carbocycles. The van der Waals surface area contributed by atoms with Gasteiger partial charge in [-0.05, 0) is 0 Å². The lowest BCUT2D eigenvalue weighted by Crippen LogP contribution is -2.65. The molecule has 1 heterocycles. The largest absolute Gasteiger partial charge is 0.394 e. The molecule has 11 heteroatoms. The summed E-state index contributed by atoms with van der Waals surface area (Å²) < 4.78 is 10.6. The zero-order valence-corrected chi connectivity index (χ0v) is 12.5. The summed E-state index contributed by atoms with van der Waals surface area (Å²) in [7, 11) is 0. The van der Waals surface area contributed by atoms with E-state index in [4.69, 9.17) is 31.8 Å². The van der Waals surface area contributed by atoms with Gasteiger partial charge in [0.15, 0.2) is 6.29 Å². The van der Waals surface area contributed by atoms with Gasteiger partial charge in [0.25, 0.3) is 0 Å². The minimum atomic E-state index is -1.57. The van der Waals surface area contributed by atoms with Crippen LogP contribution in [0.25, 0.3) is 0 Å². The molecule has 0 aromatic heterocycles. The third kappa shape index (κ3) is 4.78. The normalized spacial score (nSPS) is 37.2. The van der Waals surface area contributed by atoms with Gasteiger partial charge in [0.1, 0.15) is 24.4 Å². The van der Waals surface area contributed by atoms with Crippen LogP contribution in [0.5, 0.6) is 0 Å². The number of aliphatic hydroxyl groups excluding tert-OH is 6. The van der Waals surface area contributed by atoms with Gasteiger partial charge in [0.2, 0.25) is 0 Å². The van der Waals surface area contributed by atoms with Crippen LogP contribution in [-0.4, -0.2) is 105 Å². The molecule has 138 valence electrons. The smallest absolute Gasteiger partial charge is 0.187 e. The second-order valence-electron chi connectivity index (χ2n) is 5.52. The highest BCUT2D eigenvalue weighted by molar-refractivity contribution is 4.94. The molecule has 23 heavy (non-hydrogen) atoms. The van der Waals surface area contributed by atoms with E-state index in [1.165, 1.54) is 0 Å². The summed E-state index contributed by atoms with van der Waals surface area (Å²) >= 11 is 0. The fourth-order valence-corrected chi connectivity index (χ4v) is 2.30. The molecule has 0 radical (unpaired) electrons. The molecular weight excluding hydrogens is 314 g/mol. The topological polar surface area (TPSA) is 218 Å². The second-order valence-corrected chi connectivity index (χ2v) is 5.52. The van der Waals surface area contributed by atoms with Crippen molar-refractivity contribution in [1.82, 2.24) is 0 Å². The fourth-order valence-electron chi connectivity index (χ4n) is 2.30. The van der Waals surface area contributed by atoms with Crippen molar-refractivity contribution in [2.75, 3.05) is 19.8 Å². The van der Waals surface area contributed by atoms with E-state index in [2.05, 4.69) is 0 Å². The highest BCUT2D eigenvalue weighted by atomic mass is 16.7. The van der Waals surface area contributed by atoms with Crippen molar-refractivity contribution in [3.05, 3.63) is 0 Å². The maximum atomic E-state index is 9.97. The average Bonchev–Trinajstić information content (AvgIpc) is 2.57. The van der Waals surface area contributed by atoms with Crippen LogP contribution in [0.4, 0.5) is 0 Å². The summed E-state index contributed by atoms with van der Waals surface area (Å²) in [5, 5.41) is 57.5. The lowest BCUT2D eigenvalue weighted by atomic mass is 9.96. The number of hydrogen-bond donors (Lipinski definition) is 9. The SMILES string of the molecule is NC[C@H](O)[C@@H](O[C@H]1O[C@H](CO)[C@@H](N)[C@H](O)[C@H]1O)[C@H](N)[C@H](O)CO. The third-order valence-corrected chi connectivity index (χ3v) is 3.86. The Bertz CT molecular complexity index is 350. The van der Waals surface area contributed by atoms with Crippen molar-refractivity contribution < 1.29 is 40.1 Å². The number of hydrogen-bond acceptors (Lipinski definition) is 11. The van der Waals surface area contributed by atoms with Crippen molar-refractivity contribution >= 4 is 0 Å². The quantitative estimate of drug-likeness (QED) is 0.202. The molecule has 9 atom stereocenters. The maximum Gasteiger partial charge on any atom is 0.187 e. The summed E-state index contributed by atoms with van der Waals surface area (Å²) in [6.45, 7) is -1.48. The Labute approximate surface area is 133 Å². The fraction of sp³-hybridized carbons (Fsp3) is 1.00. The molecule has 0 aromatic carbocycles. The van der Waals surface area contributed by atoms with Gasteiger partial charge in [0.05, 0.1) is 37.5 Å². The van der Waals surface area contributed by atoms with Gasteiger partial charge in [-0.3, -0.25) is 0 Å². The van der Waals surface area contributed by atoms with Gasteiger partial charge >= 0.3 is 0 Å². The minimum absolute atomic E-state index is 0.273. The molecule has 0 amide bonds. The molecule has 11 nitrogen and oxygen atoms in total. The maximum absolute atomic E-state index is 9.97. The minimum Gasteiger partial charge on any atom is -0.394 e. The Morgan fingerprint density at radius 2 is 1.70 bits per heavy atom. The van der Waals surface area contributed by atoms with Gasteiger partial charge in [-0.15, -0.1) is 0 Å². The third-order valence-electron chi connectivity index (χ3n) is 3.86. The summed E-state index contributed by atoms with van der Waals surface area (Å²) in [6.07, 6.45) is -9.54. The van der Waals surface area contributed by atoms with Gasteiger partial charge in [0, 0.05) is 6.54 Å². The first-order valence-electron chi connectivity index (χ1n) is 7.24. The van der Waals surface area contributed by atoms with Crippen molar-refractivity contribution in [2.45, 2.75) is 55.0 Å². The summed E-state index contributed by atoms with van der Waals surface area (Å²) in [4.78, 5) is 0. The first kappa shape index (κ1) is 20.6. The van der Waals surface area contributed by atoms with E-state index in [1.54, 1.807) is 0 Å². The van der Waals surface area contributed by atoms with Crippen molar-refractivity contribution in [2.24, 2.45) is 17.2 Å². The molecule has 1 fully saturated rings. The zero-order valence-electron chi connectivity index (χ0n) is 12.5. The number of nitrogens with two attached hydrogens (primary N) is 3. The molecule has 12 N–H and O–H groups in total. The number of rotatable bonds is 8. The monoisotopic (exact) mass is 341 g/mol. The van der Waals surface area contributed by atoms with Crippen molar-refractivity contribution in [3.8, 4) is 0 Å². The van der Waals surface area contributed by atoms with Gasteiger partial charge in [-0.2, -0.15) is 0 Å². The standard InChI is InChI=1S/C12H27N3O8/c13-1-4(18)11(7(14)5(19)2-16)23-12-10(21)9(20)8(15)6(3-17)22-12/h4-12,16-21H,1-3,13-15H2/t4-,5+,6+,7+,8+,9-,10+,11+,12+/m0/s1. The zero-order chi connectivity index (χ0) is 17.7. The highest BCUT2D eigenvalue weighted by Gasteiger charge is 2.45. The first-order valence-corrected chi connectivity index (χ1v) is 7.24. The van der Waals surface area contributed by atoms with Gasteiger partial charge in [-0.25, -0.2) is 0 Å². The first-order chi connectivity index (χ1) is 10.8. The van der Waals surface area contributed by atoms with E-state index < -0.39 is 68.2 Å². The Morgan fingerprint density at radius 1 is 1.09 bits per heavy atom. The summed E-state index contributed by atoms with van der Waals surface area (Å²) in [6, 6.07) is -2.28. The van der Waals surface area contributed by atoms with E-state index >= 15 is 0 Å². The van der Waals surface area contributed by atoms with Crippen LogP contribution < -0.4 is 17.2 Å². The second kappa shape index (κ2) is 9.15. The molecule has 1 saturated heterocycles.